The minimum absolute atomic E-state index is 0.00255. The SMILES string of the molecule is CCCNC1COCC1C(=O)N(C)C(C)C1CC1. The number of carbonyl (C=O) groups excluding carboxylic acids is 1. The zero-order valence-electron chi connectivity index (χ0n) is 11.8. The first kappa shape index (κ1) is 13.8. The third-order valence-electron chi connectivity index (χ3n) is 4.32. The van der Waals surface area contributed by atoms with Gasteiger partial charge in [0.1, 0.15) is 0 Å². The fourth-order valence-electron chi connectivity index (χ4n) is 2.69. The highest BCUT2D eigenvalue weighted by atomic mass is 16.5. The molecule has 1 N–H and O–H groups in total. The Morgan fingerprint density at radius 1 is 1.44 bits per heavy atom. The van der Waals surface area contributed by atoms with Gasteiger partial charge in [-0.05, 0) is 38.6 Å². The zero-order chi connectivity index (χ0) is 13.1. The Balaban J connectivity index is 1.89. The number of nitrogens with one attached hydrogen (secondary N) is 1. The number of ether oxygens (including phenoxy) is 1. The van der Waals surface area contributed by atoms with Gasteiger partial charge in [0, 0.05) is 19.1 Å². The van der Waals surface area contributed by atoms with Crippen LogP contribution in [0.5, 0.6) is 0 Å². The van der Waals surface area contributed by atoms with Crippen molar-refractivity contribution in [3.63, 3.8) is 0 Å². The third kappa shape index (κ3) is 3.04. The number of amides is 1. The molecule has 0 bridgehead atoms. The fraction of sp³-hybridized carbons (Fsp3) is 0.929. The lowest BCUT2D eigenvalue weighted by Crippen LogP contribution is -2.47. The van der Waals surface area contributed by atoms with Crippen LogP contribution >= 0.6 is 0 Å². The van der Waals surface area contributed by atoms with Gasteiger partial charge in [-0.3, -0.25) is 4.79 Å². The summed E-state index contributed by atoms with van der Waals surface area (Å²) in [5.41, 5.74) is 0. The summed E-state index contributed by atoms with van der Waals surface area (Å²) in [4.78, 5) is 14.4. The summed E-state index contributed by atoms with van der Waals surface area (Å²) in [6.45, 7) is 6.50. The van der Waals surface area contributed by atoms with Crippen molar-refractivity contribution < 1.29 is 9.53 Å². The molecule has 1 heterocycles. The van der Waals surface area contributed by atoms with E-state index in [4.69, 9.17) is 4.74 Å². The monoisotopic (exact) mass is 254 g/mol. The first-order chi connectivity index (χ1) is 8.65. The molecule has 104 valence electrons. The Kier molecular flexibility index (Phi) is 4.62. The predicted molar refractivity (Wildman–Crippen MR) is 71.3 cm³/mol. The molecular weight excluding hydrogens is 228 g/mol. The average Bonchev–Trinajstić information content (AvgIpc) is 3.12. The first-order valence-electron chi connectivity index (χ1n) is 7.23. The molecule has 2 rings (SSSR count). The molecule has 0 spiro atoms. The molecule has 3 atom stereocenters. The fourth-order valence-corrected chi connectivity index (χ4v) is 2.69. The summed E-state index contributed by atoms with van der Waals surface area (Å²) >= 11 is 0. The molecule has 0 radical (unpaired) electrons. The smallest absolute Gasteiger partial charge is 0.229 e. The molecule has 4 nitrogen and oxygen atoms in total. The molecular formula is C14H26N2O2. The van der Waals surface area contributed by atoms with Crippen LogP contribution in [0.4, 0.5) is 0 Å². The summed E-state index contributed by atoms with van der Waals surface area (Å²) in [6, 6.07) is 0.580. The Morgan fingerprint density at radius 3 is 2.78 bits per heavy atom. The maximum absolute atomic E-state index is 12.5. The number of rotatable bonds is 6. The predicted octanol–water partition coefficient (Wildman–Crippen LogP) is 1.26. The summed E-state index contributed by atoms with van der Waals surface area (Å²) in [5.74, 6) is 0.978. The van der Waals surface area contributed by atoms with Gasteiger partial charge in [0.05, 0.1) is 19.1 Å². The van der Waals surface area contributed by atoms with Crippen molar-refractivity contribution in [3.05, 3.63) is 0 Å². The van der Waals surface area contributed by atoms with E-state index >= 15 is 0 Å². The second kappa shape index (κ2) is 6.02. The molecule has 3 unspecified atom stereocenters. The topological polar surface area (TPSA) is 41.6 Å². The highest BCUT2D eigenvalue weighted by Crippen LogP contribution is 2.35. The van der Waals surface area contributed by atoms with E-state index in [9.17, 15) is 4.79 Å². The third-order valence-corrected chi connectivity index (χ3v) is 4.32. The largest absolute Gasteiger partial charge is 0.379 e. The van der Waals surface area contributed by atoms with E-state index in [2.05, 4.69) is 19.2 Å². The Labute approximate surface area is 110 Å². The first-order valence-corrected chi connectivity index (χ1v) is 7.23. The maximum atomic E-state index is 12.5. The summed E-state index contributed by atoms with van der Waals surface area (Å²) in [6.07, 6.45) is 3.64. The van der Waals surface area contributed by atoms with E-state index in [1.165, 1.54) is 12.8 Å². The van der Waals surface area contributed by atoms with Gasteiger partial charge < -0.3 is 15.0 Å². The van der Waals surface area contributed by atoms with Crippen molar-refractivity contribution in [2.24, 2.45) is 11.8 Å². The van der Waals surface area contributed by atoms with Gasteiger partial charge in [-0.15, -0.1) is 0 Å². The number of carbonyl (C=O) groups is 1. The molecule has 0 aromatic carbocycles. The van der Waals surface area contributed by atoms with E-state index in [-0.39, 0.29) is 17.9 Å². The van der Waals surface area contributed by atoms with E-state index in [1.807, 2.05) is 11.9 Å². The normalized spacial score (nSPS) is 29.3. The van der Waals surface area contributed by atoms with Gasteiger partial charge in [-0.1, -0.05) is 6.92 Å². The van der Waals surface area contributed by atoms with E-state index in [0.717, 1.165) is 18.9 Å². The Bertz CT molecular complexity index is 292. The second-order valence-corrected chi connectivity index (χ2v) is 5.73. The van der Waals surface area contributed by atoms with Crippen LogP contribution in [0.2, 0.25) is 0 Å². The zero-order valence-corrected chi connectivity index (χ0v) is 11.8. The molecule has 2 aliphatic rings. The maximum Gasteiger partial charge on any atom is 0.229 e. The van der Waals surface area contributed by atoms with Gasteiger partial charge in [-0.2, -0.15) is 0 Å². The minimum atomic E-state index is 0.00255. The average molecular weight is 254 g/mol. The van der Waals surface area contributed by atoms with Crippen molar-refractivity contribution >= 4 is 5.91 Å². The molecule has 18 heavy (non-hydrogen) atoms. The quantitative estimate of drug-likeness (QED) is 0.776. The molecule has 1 aliphatic heterocycles. The molecule has 1 saturated carbocycles. The molecule has 1 saturated heterocycles. The number of nitrogens with zero attached hydrogens (tertiary/aromatic N) is 1. The molecule has 4 heteroatoms. The van der Waals surface area contributed by atoms with Crippen molar-refractivity contribution in [1.29, 1.82) is 0 Å². The number of hydrogen-bond acceptors (Lipinski definition) is 3. The van der Waals surface area contributed by atoms with Crippen molar-refractivity contribution in [2.75, 3.05) is 26.8 Å². The van der Waals surface area contributed by atoms with E-state index in [0.29, 0.717) is 19.3 Å². The lowest BCUT2D eigenvalue weighted by Gasteiger charge is -2.29. The molecule has 0 aromatic rings. The van der Waals surface area contributed by atoms with Crippen LogP contribution in [0.3, 0.4) is 0 Å². The summed E-state index contributed by atoms with van der Waals surface area (Å²) in [7, 11) is 1.94. The highest BCUT2D eigenvalue weighted by Gasteiger charge is 2.39. The van der Waals surface area contributed by atoms with Crippen LogP contribution in [0.15, 0.2) is 0 Å². The molecule has 1 amide bonds. The molecule has 2 fully saturated rings. The van der Waals surface area contributed by atoms with Crippen molar-refractivity contribution in [2.45, 2.75) is 45.2 Å². The van der Waals surface area contributed by atoms with E-state index < -0.39 is 0 Å². The Morgan fingerprint density at radius 2 is 2.17 bits per heavy atom. The highest BCUT2D eigenvalue weighted by molar-refractivity contribution is 5.80. The lowest BCUT2D eigenvalue weighted by atomic mass is 10.0. The van der Waals surface area contributed by atoms with Gasteiger partial charge in [0.25, 0.3) is 0 Å². The van der Waals surface area contributed by atoms with Gasteiger partial charge >= 0.3 is 0 Å². The van der Waals surface area contributed by atoms with Gasteiger partial charge in [0.2, 0.25) is 5.91 Å². The summed E-state index contributed by atoms with van der Waals surface area (Å²) < 4.78 is 5.48. The van der Waals surface area contributed by atoms with Gasteiger partial charge in [0.15, 0.2) is 0 Å². The Hall–Kier alpha value is -0.610. The van der Waals surface area contributed by atoms with Crippen molar-refractivity contribution in [1.82, 2.24) is 10.2 Å². The van der Waals surface area contributed by atoms with Crippen LogP contribution in [-0.2, 0) is 9.53 Å². The van der Waals surface area contributed by atoms with Crippen LogP contribution in [0.25, 0.3) is 0 Å². The second-order valence-electron chi connectivity index (χ2n) is 5.73. The van der Waals surface area contributed by atoms with Crippen LogP contribution in [-0.4, -0.2) is 49.7 Å². The number of hydrogen-bond donors (Lipinski definition) is 1. The van der Waals surface area contributed by atoms with Crippen LogP contribution in [0, 0.1) is 11.8 Å². The minimum Gasteiger partial charge on any atom is -0.379 e. The standard InChI is InChI=1S/C14H26N2O2/c1-4-7-15-13-9-18-8-12(13)14(17)16(3)10(2)11-5-6-11/h10-13,15H,4-9H2,1-3H3. The lowest BCUT2D eigenvalue weighted by molar-refractivity contribution is -0.136. The van der Waals surface area contributed by atoms with Crippen LogP contribution in [0.1, 0.15) is 33.1 Å². The van der Waals surface area contributed by atoms with Crippen molar-refractivity contribution in [3.8, 4) is 0 Å². The molecule has 0 aromatic heterocycles. The summed E-state index contributed by atoms with van der Waals surface area (Å²) in [5, 5.41) is 3.43. The van der Waals surface area contributed by atoms with E-state index in [1.54, 1.807) is 0 Å². The molecule has 1 aliphatic carbocycles. The van der Waals surface area contributed by atoms with Crippen LogP contribution < -0.4 is 5.32 Å². The van der Waals surface area contributed by atoms with Gasteiger partial charge in [-0.25, -0.2) is 0 Å².